The topological polar surface area (TPSA) is 62.3 Å². The number of pyridine rings is 1. The van der Waals surface area contributed by atoms with E-state index in [0.717, 1.165) is 48.3 Å². The summed E-state index contributed by atoms with van der Waals surface area (Å²) in [5.41, 5.74) is 4.56. The predicted molar refractivity (Wildman–Crippen MR) is 87.6 cm³/mol. The summed E-state index contributed by atoms with van der Waals surface area (Å²) in [5, 5.41) is 2.93. The fourth-order valence-electron chi connectivity index (χ4n) is 3.42. The van der Waals surface area contributed by atoms with E-state index in [1.807, 2.05) is 17.0 Å². The van der Waals surface area contributed by atoms with Crippen LogP contribution in [-0.4, -0.2) is 23.3 Å². The van der Waals surface area contributed by atoms with Gasteiger partial charge in [0.1, 0.15) is 5.69 Å². The van der Waals surface area contributed by atoms with Crippen molar-refractivity contribution in [2.45, 2.75) is 25.7 Å². The first-order valence-electron chi connectivity index (χ1n) is 7.91. The van der Waals surface area contributed by atoms with Crippen LogP contribution in [0.25, 0.3) is 0 Å². The van der Waals surface area contributed by atoms with Gasteiger partial charge in [-0.2, -0.15) is 0 Å². The molecule has 0 aliphatic carbocycles. The molecule has 2 aliphatic rings. The van der Waals surface area contributed by atoms with Crippen molar-refractivity contribution in [3.8, 4) is 0 Å². The van der Waals surface area contributed by atoms with E-state index in [1.54, 1.807) is 24.4 Å². The molecule has 3 heterocycles. The molecule has 2 amide bonds. The van der Waals surface area contributed by atoms with E-state index in [0.29, 0.717) is 12.1 Å². The van der Waals surface area contributed by atoms with Crippen molar-refractivity contribution in [2.75, 3.05) is 16.8 Å². The number of anilines is 2. The number of hydrogen-bond acceptors (Lipinski definition) is 3. The molecule has 0 atom stereocenters. The van der Waals surface area contributed by atoms with Gasteiger partial charge in [-0.25, -0.2) is 0 Å². The van der Waals surface area contributed by atoms with Gasteiger partial charge in [-0.05, 0) is 54.7 Å². The standard InChI is InChI=1S/C18H17N3O2/c22-16-7-6-13-11-14(10-12-4-3-9-21(16)17(12)13)20-18(23)15-5-1-2-8-19-15/h1-2,5,8,10-11H,3-4,6-7,9H2,(H,20,23). The van der Waals surface area contributed by atoms with Gasteiger partial charge >= 0.3 is 0 Å². The highest BCUT2D eigenvalue weighted by Crippen LogP contribution is 2.37. The number of carbonyl (C=O) groups excluding carboxylic acids is 2. The maximum Gasteiger partial charge on any atom is 0.274 e. The van der Waals surface area contributed by atoms with Gasteiger partial charge in [-0.15, -0.1) is 0 Å². The fraction of sp³-hybridized carbons (Fsp3) is 0.278. The number of nitrogens with one attached hydrogen (secondary N) is 1. The Hall–Kier alpha value is -2.69. The Balaban J connectivity index is 1.67. The van der Waals surface area contributed by atoms with Crippen LogP contribution in [0, 0.1) is 0 Å². The molecule has 1 aromatic carbocycles. The molecule has 1 aromatic heterocycles. The summed E-state index contributed by atoms with van der Waals surface area (Å²) >= 11 is 0. The molecule has 1 N–H and O–H groups in total. The summed E-state index contributed by atoms with van der Waals surface area (Å²) in [6.45, 7) is 0.804. The monoisotopic (exact) mass is 307 g/mol. The number of aryl methyl sites for hydroxylation is 2. The zero-order chi connectivity index (χ0) is 15.8. The van der Waals surface area contributed by atoms with Crippen LogP contribution in [0.3, 0.4) is 0 Å². The lowest BCUT2D eigenvalue weighted by molar-refractivity contribution is -0.119. The maximum absolute atomic E-state index is 12.3. The summed E-state index contributed by atoms with van der Waals surface area (Å²) < 4.78 is 0. The van der Waals surface area contributed by atoms with Crippen molar-refractivity contribution >= 4 is 23.2 Å². The Bertz CT molecular complexity index is 769. The van der Waals surface area contributed by atoms with Gasteiger partial charge in [-0.1, -0.05) is 6.07 Å². The summed E-state index contributed by atoms with van der Waals surface area (Å²) in [7, 11) is 0. The first-order chi connectivity index (χ1) is 11.2. The van der Waals surface area contributed by atoms with Crippen molar-refractivity contribution in [2.24, 2.45) is 0 Å². The molecule has 5 nitrogen and oxygen atoms in total. The number of benzene rings is 1. The van der Waals surface area contributed by atoms with E-state index in [1.165, 1.54) is 0 Å². The van der Waals surface area contributed by atoms with Crippen LogP contribution < -0.4 is 10.2 Å². The highest BCUT2D eigenvalue weighted by molar-refractivity contribution is 6.04. The molecule has 0 radical (unpaired) electrons. The molecule has 0 bridgehead atoms. The Morgan fingerprint density at radius 1 is 1.13 bits per heavy atom. The molecule has 116 valence electrons. The molecule has 0 unspecified atom stereocenters. The molecule has 2 aromatic rings. The SMILES string of the molecule is O=C(Nc1cc2c3c(c1)CCC(=O)N3CCC2)c1ccccn1. The smallest absolute Gasteiger partial charge is 0.274 e. The lowest BCUT2D eigenvalue weighted by Gasteiger charge is -2.35. The molecular formula is C18H17N3O2. The summed E-state index contributed by atoms with van der Waals surface area (Å²) in [6.07, 6.45) is 4.80. The van der Waals surface area contributed by atoms with Crippen molar-refractivity contribution in [3.63, 3.8) is 0 Å². The largest absolute Gasteiger partial charge is 0.321 e. The Morgan fingerprint density at radius 2 is 1.96 bits per heavy atom. The highest BCUT2D eigenvalue weighted by Gasteiger charge is 2.29. The normalized spacial score (nSPS) is 16.0. The van der Waals surface area contributed by atoms with E-state index < -0.39 is 0 Å². The molecule has 4 rings (SSSR count). The van der Waals surface area contributed by atoms with Crippen LogP contribution >= 0.6 is 0 Å². The van der Waals surface area contributed by atoms with Crippen molar-refractivity contribution in [1.82, 2.24) is 4.98 Å². The Morgan fingerprint density at radius 3 is 2.74 bits per heavy atom. The zero-order valence-electron chi connectivity index (χ0n) is 12.7. The first-order valence-corrected chi connectivity index (χ1v) is 7.91. The molecule has 5 heteroatoms. The zero-order valence-corrected chi connectivity index (χ0v) is 12.7. The number of nitrogens with zero attached hydrogens (tertiary/aromatic N) is 2. The third kappa shape index (κ3) is 2.48. The highest BCUT2D eigenvalue weighted by atomic mass is 16.2. The minimum absolute atomic E-state index is 0.211. The average Bonchev–Trinajstić information content (AvgIpc) is 2.59. The average molecular weight is 307 g/mol. The van der Waals surface area contributed by atoms with Gasteiger partial charge in [0.05, 0.1) is 5.69 Å². The number of hydrogen-bond donors (Lipinski definition) is 1. The van der Waals surface area contributed by atoms with Gasteiger partial charge in [0, 0.05) is 24.8 Å². The van der Waals surface area contributed by atoms with Gasteiger partial charge in [0.25, 0.3) is 5.91 Å². The van der Waals surface area contributed by atoms with Gasteiger partial charge in [0.15, 0.2) is 0 Å². The lowest BCUT2D eigenvalue weighted by Crippen LogP contribution is -2.39. The van der Waals surface area contributed by atoms with Crippen molar-refractivity contribution in [3.05, 3.63) is 53.3 Å². The second-order valence-electron chi connectivity index (χ2n) is 5.96. The van der Waals surface area contributed by atoms with Crippen LogP contribution in [-0.2, 0) is 17.6 Å². The minimum atomic E-state index is -0.211. The molecule has 0 saturated heterocycles. The van der Waals surface area contributed by atoms with E-state index in [-0.39, 0.29) is 11.8 Å². The number of carbonyl (C=O) groups is 2. The van der Waals surface area contributed by atoms with Crippen LogP contribution in [0.2, 0.25) is 0 Å². The van der Waals surface area contributed by atoms with Gasteiger partial charge in [-0.3, -0.25) is 14.6 Å². The molecule has 2 aliphatic heterocycles. The number of aromatic nitrogens is 1. The molecular weight excluding hydrogens is 290 g/mol. The maximum atomic E-state index is 12.3. The number of amides is 2. The summed E-state index contributed by atoms with van der Waals surface area (Å²) in [5.74, 6) is 0.000947. The van der Waals surface area contributed by atoms with Gasteiger partial charge < -0.3 is 10.2 Å². The Kier molecular flexibility index (Phi) is 3.33. The third-order valence-corrected chi connectivity index (χ3v) is 4.43. The quantitative estimate of drug-likeness (QED) is 0.927. The summed E-state index contributed by atoms with van der Waals surface area (Å²) in [4.78, 5) is 30.3. The van der Waals surface area contributed by atoms with E-state index in [4.69, 9.17) is 0 Å². The number of rotatable bonds is 2. The summed E-state index contributed by atoms with van der Waals surface area (Å²) in [6, 6.07) is 9.25. The van der Waals surface area contributed by atoms with Crippen molar-refractivity contribution < 1.29 is 9.59 Å². The van der Waals surface area contributed by atoms with Crippen LogP contribution in [0.15, 0.2) is 36.5 Å². The fourth-order valence-corrected chi connectivity index (χ4v) is 3.42. The molecule has 0 spiro atoms. The second-order valence-corrected chi connectivity index (χ2v) is 5.96. The molecule has 0 fully saturated rings. The van der Waals surface area contributed by atoms with Crippen LogP contribution in [0.5, 0.6) is 0 Å². The Labute approximate surface area is 134 Å². The van der Waals surface area contributed by atoms with E-state index in [9.17, 15) is 9.59 Å². The van der Waals surface area contributed by atoms with Crippen LogP contribution in [0.4, 0.5) is 11.4 Å². The van der Waals surface area contributed by atoms with E-state index >= 15 is 0 Å². The second kappa shape index (κ2) is 5.50. The van der Waals surface area contributed by atoms with Crippen LogP contribution in [0.1, 0.15) is 34.5 Å². The van der Waals surface area contributed by atoms with Gasteiger partial charge in [0.2, 0.25) is 5.91 Å². The first kappa shape index (κ1) is 13.9. The van der Waals surface area contributed by atoms with Crippen molar-refractivity contribution in [1.29, 1.82) is 0 Å². The van der Waals surface area contributed by atoms with E-state index in [2.05, 4.69) is 10.3 Å². The predicted octanol–water partition coefficient (Wildman–Crippen LogP) is 2.56. The molecule has 0 saturated carbocycles. The molecule has 23 heavy (non-hydrogen) atoms. The third-order valence-electron chi connectivity index (χ3n) is 4.43. The lowest BCUT2D eigenvalue weighted by atomic mass is 9.91. The minimum Gasteiger partial charge on any atom is -0.321 e.